The molecule has 1 aromatic rings. The van der Waals surface area contributed by atoms with Gasteiger partial charge in [0.25, 0.3) is 0 Å². The molecular formula is C39H59N7O9. The van der Waals surface area contributed by atoms with E-state index < -0.39 is 65.8 Å². The van der Waals surface area contributed by atoms with E-state index in [0.717, 1.165) is 25.7 Å². The van der Waals surface area contributed by atoms with Gasteiger partial charge in [-0.05, 0) is 70.6 Å². The zero-order valence-corrected chi connectivity index (χ0v) is 32.4. The van der Waals surface area contributed by atoms with E-state index in [1.54, 1.807) is 0 Å². The number of nitrogens with zero attached hydrogens (tertiary/aromatic N) is 3. The number of Topliss-reactive ketones (excluding diaryl/α,β-unsaturated/α-hetero) is 1. The molecule has 0 aromatic carbocycles. The van der Waals surface area contributed by atoms with Crippen LogP contribution in [0.3, 0.4) is 0 Å². The Bertz CT molecular complexity index is 1480. The number of hydrogen-bond donors (Lipinski definition) is 5. The number of aliphatic hydroxyl groups is 1. The molecule has 1 aliphatic carbocycles. The largest absolute Gasteiger partial charge is 0.391 e. The third-order valence-electron chi connectivity index (χ3n) is 11.1. The monoisotopic (exact) mass is 769 g/mol. The molecular weight excluding hydrogens is 710 g/mol. The topological polar surface area (TPSA) is 220 Å². The second-order valence-electron chi connectivity index (χ2n) is 15.3. The molecule has 0 bridgehead atoms. The molecule has 5 N–H and O–H groups in total. The van der Waals surface area contributed by atoms with E-state index in [9.17, 15) is 38.7 Å². The predicted octanol–water partition coefficient (Wildman–Crippen LogP) is 1.69. The van der Waals surface area contributed by atoms with Gasteiger partial charge >= 0.3 is 0 Å². The number of ketones is 1. The van der Waals surface area contributed by atoms with Crippen LogP contribution in [0, 0.1) is 18.8 Å². The number of carbonyl (C=O) groups excluding carboxylic acids is 7. The summed E-state index contributed by atoms with van der Waals surface area (Å²) in [7, 11) is 0. The summed E-state index contributed by atoms with van der Waals surface area (Å²) in [4.78, 5) is 96.2. The average Bonchev–Trinajstić information content (AvgIpc) is 3.91. The van der Waals surface area contributed by atoms with Crippen LogP contribution >= 0.6 is 0 Å². The van der Waals surface area contributed by atoms with Crippen molar-refractivity contribution in [2.75, 3.05) is 19.6 Å². The van der Waals surface area contributed by atoms with E-state index >= 15 is 0 Å². The van der Waals surface area contributed by atoms with E-state index in [2.05, 4.69) is 26.4 Å². The Balaban J connectivity index is 1.42. The Morgan fingerprint density at radius 1 is 0.873 bits per heavy atom. The summed E-state index contributed by atoms with van der Waals surface area (Å²) < 4.78 is 4.79. The lowest BCUT2D eigenvalue weighted by Crippen LogP contribution is -2.60. The number of rotatable bonds is 18. The lowest BCUT2D eigenvalue weighted by atomic mass is 9.79. The van der Waals surface area contributed by atoms with Crippen molar-refractivity contribution in [3.05, 3.63) is 24.9 Å². The molecule has 1 unspecified atom stereocenters. The van der Waals surface area contributed by atoms with Gasteiger partial charge in [0.2, 0.25) is 35.4 Å². The molecule has 7 atom stereocenters. The highest BCUT2D eigenvalue weighted by molar-refractivity contribution is 5.98. The lowest BCUT2D eigenvalue weighted by molar-refractivity contribution is -0.146. The van der Waals surface area contributed by atoms with Gasteiger partial charge in [0.1, 0.15) is 42.2 Å². The fourth-order valence-electron chi connectivity index (χ4n) is 7.91. The van der Waals surface area contributed by atoms with Crippen molar-refractivity contribution in [3.63, 3.8) is 0 Å². The normalized spacial score (nSPS) is 21.8. The Kier molecular flexibility index (Phi) is 16.6. The molecule has 1 saturated carbocycles. The third-order valence-corrected chi connectivity index (χ3v) is 11.1. The van der Waals surface area contributed by atoms with Crippen LogP contribution in [0.25, 0.3) is 0 Å². The standard InChI is InChI=1S/C39H59N7O9/c1-5-19-40-37(52)34(26(4)47)43-36(51)31-15-11-21-45(31)38(53)25(3)41-35(50)30-14-9-10-20-46(30)39(54)29(16-17-32(48)28-18-22-55-44-28)42-33(49)23-24(2)27-12-7-6-8-13-27/h3,18,22,24-27,29-31,34,47H,5-17,19-21,23H2,1-2,4H3,(H,40,52)(H,41,50)(H,42,49)(H,43,51)/t24-,25-,26?,29-,30-,31-,34-/m0/s1. The first-order chi connectivity index (χ1) is 26.3. The van der Waals surface area contributed by atoms with Gasteiger partial charge in [-0.3, -0.25) is 33.6 Å². The van der Waals surface area contributed by atoms with Crippen molar-refractivity contribution in [1.82, 2.24) is 36.2 Å². The number of nitrogens with one attached hydrogen (secondary N) is 4. The molecule has 16 nitrogen and oxygen atoms in total. The molecule has 2 aliphatic heterocycles. The number of hydrogen-bond acceptors (Lipinski definition) is 10. The van der Waals surface area contributed by atoms with E-state index in [4.69, 9.17) is 11.4 Å². The molecule has 3 fully saturated rings. The van der Waals surface area contributed by atoms with Gasteiger partial charge in [-0.25, -0.2) is 0 Å². The smallest absolute Gasteiger partial charge is 0.246 e. The summed E-state index contributed by atoms with van der Waals surface area (Å²) in [5.74, 6) is -3.19. The second-order valence-corrected chi connectivity index (χ2v) is 15.3. The first-order valence-electron chi connectivity index (χ1n) is 20.0. The molecule has 2 saturated heterocycles. The number of likely N-dealkylation sites (tertiary alicyclic amines) is 2. The number of aromatic nitrogens is 1. The molecule has 0 spiro atoms. The van der Waals surface area contributed by atoms with E-state index in [-0.39, 0.29) is 68.5 Å². The Labute approximate surface area is 323 Å². The molecule has 55 heavy (non-hydrogen) atoms. The minimum Gasteiger partial charge on any atom is -0.391 e. The molecule has 3 aliphatic rings. The number of piperidine rings is 1. The van der Waals surface area contributed by atoms with Crippen LogP contribution < -0.4 is 21.3 Å². The van der Waals surface area contributed by atoms with E-state index in [1.165, 1.54) is 35.5 Å². The van der Waals surface area contributed by atoms with Crippen molar-refractivity contribution in [2.45, 2.75) is 147 Å². The number of amides is 6. The molecule has 2 radical (unpaired) electrons. The van der Waals surface area contributed by atoms with Crippen molar-refractivity contribution >= 4 is 41.2 Å². The summed E-state index contributed by atoms with van der Waals surface area (Å²) in [6.45, 7) is 12.3. The van der Waals surface area contributed by atoms with Crippen molar-refractivity contribution in [2.24, 2.45) is 11.8 Å². The molecule has 1 aromatic heterocycles. The highest BCUT2D eigenvalue weighted by atomic mass is 16.5. The predicted molar refractivity (Wildman–Crippen MR) is 200 cm³/mol. The van der Waals surface area contributed by atoms with Crippen LogP contribution in [0.4, 0.5) is 0 Å². The molecule has 3 heterocycles. The minimum absolute atomic E-state index is 0.0223. The van der Waals surface area contributed by atoms with Gasteiger partial charge in [0, 0.05) is 38.5 Å². The first-order valence-corrected chi connectivity index (χ1v) is 20.0. The van der Waals surface area contributed by atoms with Crippen LogP contribution in [-0.2, 0) is 28.8 Å². The molecule has 16 heteroatoms. The molecule has 304 valence electrons. The Morgan fingerprint density at radius 3 is 2.16 bits per heavy atom. The van der Waals surface area contributed by atoms with Gasteiger partial charge in [0.15, 0.2) is 5.78 Å². The second kappa shape index (κ2) is 21.1. The van der Waals surface area contributed by atoms with Crippen LogP contribution in [0.15, 0.2) is 16.9 Å². The van der Waals surface area contributed by atoms with Crippen LogP contribution in [0.1, 0.15) is 121 Å². The first kappa shape index (κ1) is 43.4. The minimum atomic E-state index is -1.54. The zero-order valence-electron chi connectivity index (χ0n) is 32.4. The van der Waals surface area contributed by atoms with Gasteiger partial charge in [-0.15, -0.1) is 0 Å². The van der Waals surface area contributed by atoms with Crippen LogP contribution in [0.5, 0.6) is 0 Å². The lowest BCUT2D eigenvalue weighted by Gasteiger charge is -2.38. The number of aliphatic hydroxyl groups excluding tert-OH is 1. The summed E-state index contributed by atoms with van der Waals surface area (Å²) >= 11 is 0. The fourth-order valence-corrected chi connectivity index (χ4v) is 7.91. The highest BCUT2D eigenvalue weighted by Crippen LogP contribution is 2.31. The maximum Gasteiger partial charge on any atom is 0.246 e. The van der Waals surface area contributed by atoms with Crippen molar-refractivity contribution < 1.29 is 43.2 Å². The van der Waals surface area contributed by atoms with Crippen LogP contribution in [0.2, 0.25) is 0 Å². The third kappa shape index (κ3) is 12.1. The average molecular weight is 770 g/mol. The van der Waals surface area contributed by atoms with Gasteiger partial charge in [-0.2, -0.15) is 0 Å². The quantitative estimate of drug-likeness (QED) is 0.136. The highest BCUT2D eigenvalue weighted by Gasteiger charge is 2.41. The van der Waals surface area contributed by atoms with Crippen LogP contribution in [-0.4, -0.2) is 117 Å². The Morgan fingerprint density at radius 2 is 1.51 bits per heavy atom. The maximum atomic E-state index is 14.2. The van der Waals surface area contributed by atoms with Crippen molar-refractivity contribution in [1.29, 1.82) is 0 Å². The molecule has 4 rings (SSSR count). The van der Waals surface area contributed by atoms with Gasteiger partial charge in [-0.1, -0.05) is 51.1 Å². The summed E-state index contributed by atoms with van der Waals surface area (Å²) in [5, 5.41) is 24.5. The van der Waals surface area contributed by atoms with E-state index in [0.29, 0.717) is 38.1 Å². The fraction of sp³-hybridized carbons (Fsp3) is 0.718. The number of carbonyl (C=O) groups is 7. The summed E-state index contributed by atoms with van der Waals surface area (Å²) in [6, 6.07) is -4.42. The molecule has 6 amide bonds. The van der Waals surface area contributed by atoms with Crippen molar-refractivity contribution in [3.8, 4) is 0 Å². The Hall–Kier alpha value is -4.34. The van der Waals surface area contributed by atoms with E-state index in [1.807, 2.05) is 13.8 Å². The maximum absolute atomic E-state index is 14.2. The summed E-state index contributed by atoms with van der Waals surface area (Å²) in [5.41, 5.74) is 0.107. The summed E-state index contributed by atoms with van der Waals surface area (Å²) in [6.07, 6.45) is 8.70. The van der Waals surface area contributed by atoms with Gasteiger partial charge < -0.3 is 40.7 Å². The van der Waals surface area contributed by atoms with Gasteiger partial charge in [0.05, 0.1) is 6.10 Å². The SMILES string of the molecule is [CH][C@H](NC(=O)[C@@H]1CCCCN1C(=O)[C@H](CCC(=O)c1ccon1)NC(=O)C[C@H](C)C1CCCCC1)C(=O)N1CCC[C@H]1C(=O)N[C@H](C(=O)NCCC)C(C)O. The zero-order chi connectivity index (χ0) is 40.1.